The van der Waals surface area contributed by atoms with Gasteiger partial charge in [0.15, 0.2) is 16.9 Å². The average Bonchev–Trinajstić information content (AvgIpc) is 3.00. The molecule has 118 valence electrons. The summed E-state index contributed by atoms with van der Waals surface area (Å²) in [4.78, 5) is 1.25. The molecule has 1 aromatic heterocycles. The van der Waals surface area contributed by atoms with Crippen molar-refractivity contribution < 1.29 is 13.7 Å². The minimum atomic E-state index is -0.236. The van der Waals surface area contributed by atoms with Crippen LogP contribution in [0.5, 0.6) is 0 Å². The molecule has 0 unspecified atom stereocenters. The summed E-state index contributed by atoms with van der Waals surface area (Å²) in [6, 6.07) is 10.4. The molecule has 4 nitrogen and oxygen atoms in total. The number of furan rings is 1. The minimum absolute atomic E-state index is 0.181. The highest BCUT2D eigenvalue weighted by molar-refractivity contribution is 7.80. The summed E-state index contributed by atoms with van der Waals surface area (Å²) in [5, 5.41) is 6.89. The summed E-state index contributed by atoms with van der Waals surface area (Å²) < 4.78 is 18.3. The number of thiocarbonyl (C=S) groups is 1. The Balaban J connectivity index is 1.80. The van der Waals surface area contributed by atoms with Gasteiger partial charge in [0.2, 0.25) is 0 Å². The predicted octanol–water partition coefficient (Wildman–Crippen LogP) is 1.27. The second-order valence-corrected chi connectivity index (χ2v) is 5.74. The highest BCUT2D eigenvalue weighted by Crippen LogP contribution is 2.08. The van der Waals surface area contributed by atoms with Crippen LogP contribution in [0.1, 0.15) is 17.4 Å². The lowest BCUT2D eigenvalue weighted by molar-refractivity contribution is -0.891. The number of likely N-dealkylation sites (N-methyl/N-ethyl adjacent to an activating group) is 1. The Labute approximate surface area is 135 Å². The Bertz CT molecular complexity index is 584. The molecule has 0 saturated carbocycles. The van der Waals surface area contributed by atoms with E-state index in [9.17, 15) is 4.39 Å². The zero-order valence-corrected chi connectivity index (χ0v) is 13.5. The Kier molecular flexibility index (Phi) is 5.91. The predicted molar refractivity (Wildman–Crippen MR) is 88.1 cm³/mol. The van der Waals surface area contributed by atoms with Crippen LogP contribution >= 0.6 is 12.2 Å². The summed E-state index contributed by atoms with van der Waals surface area (Å²) in [5.74, 6) is 0.688. The largest absolute Gasteiger partial charge is 0.463 e. The molecule has 0 radical (unpaired) electrons. The van der Waals surface area contributed by atoms with Gasteiger partial charge in [-0.1, -0.05) is 12.1 Å². The lowest BCUT2D eigenvalue weighted by Crippen LogP contribution is -3.07. The average molecular weight is 322 g/mol. The van der Waals surface area contributed by atoms with Gasteiger partial charge in [-0.05, 0) is 42.0 Å². The number of hydrogen-bond acceptors (Lipinski definition) is 2. The van der Waals surface area contributed by atoms with Crippen molar-refractivity contribution in [2.24, 2.45) is 0 Å². The van der Waals surface area contributed by atoms with Crippen LogP contribution in [0.4, 0.5) is 4.39 Å². The molecule has 6 heteroatoms. The van der Waals surface area contributed by atoms with E-state index in [1.165, 1.54) is 17.0 Å². The molecule has 0 amide bonds. The lowest BCUT2D eigenvalue weighted by atomic mass is 10.2. The maximum absolute atomic E-state index is 12.8. The van der Waals surface area contributed by atoms with E-state index < -0.39 is 0 Å². The monoisotopic (exact) mass is 322 g/mol. The first kappa shape index (κ1) is 16.5. The molecule has 0 saturated heterocycles. The molecule has 22 heavy (non-hydrogen) atoms. The molecule has 2 aromatic rings. The second-order valence-electron chi connectivity index (χ2n) is 5.34. The van der Waals surface area contributed by atoms with Crippen LogP contribution in [0.3, 0.4) is 0 Å². The standard InChI is InChI=1S/C16H20FN3OS/c1-20(2)14(15-4-3-9-21-15)11-19-16(22)18-10-12-5-7-13(17)8-6-12/h3-9,14H,10-11H2,1-2H3,(H2,18,19,22)/p+1/t14-/m1/s1. The van der Waals surface area contributed by atoms with Gasteiger partial charge in [0, 0.05) is 6.54 Å². The minimum Gasteiger partial charge on any atom is -0.463 e. The van der Waals surface area contributed by atoms with Gasteiger partial charge < -0.3 is 20.0 Å². The molecule has 0 aliphatic heterocycles. The second kappa shape index (κ2) is 7.91. The summed E-state index contributed by atoms with van der Waals surface area (Å²) in [6.45, 7) is 1.23. The van der Waals surface area contributed by atoms with E-state index in [0.29, 0.717) is 18.2 Å². The number of halogens is 1. The van der Waals surface area contributed by atoms with Gasteiger partial charge in [0.05, 0.1) is 26.9 Å². The van der Waals surface area contributed by atoms with Crippen molar-refractivity contribution in [2.45, 2.75) is 12.6 Å². The number of benzene rings is 1. The van der Waals surface area contributed by atoms with Gasteiger partial charge in [0.25, 0.3) is 0 Å². The van der Waals surface area contributed by atoms with E-state index >= 15 is 0 Å². The Hall–Kier alpha value is -1.92. The highest BCUT2D eigenvalue weighted by atomic mass is 32.1. The molecule has 2 rings (SSSR count). The van der Waals surface area contributed by atoms with E-state index in [4.69, 9.17) is 16.6 Å². The Morgan fingerprint density at radius 3 is 2.55 bits per heavy atom. The van der Waals surface area contributed by atoms with E-state index in [1.807, 2.05) is 12.1 Å². The summed E-state index contributed by atoms with van der Waals surface area (Å²) in [6.07, 6.45) is 1.68. The third-order valence-corrected chi connectivity index (χ3v) is 3.71. The zero-order valence-electron chi connectivity index (χ0n) is 12.7. The SMILES string of the molecule is C[NH+](C)[C@H](CNC(=S)NCc1ccc(F)cc1)c1ccco1. The van der Waals surface area contributed by atoms with Crippen LogP contribution in [0, 0.1) is 5.82 Å². The molecule has 1 atom stereocenters. The fourth-order valence-electron chi connectivity index (χ4n) is 2.12. The van der Waals surface area contributed by atoms with Crippen LogP contribution < -0.4 is 15.5 Å². The molecule has 1 aromatic carbocycles. The van der Waals surface area contributed by atoms with E-state index in [1.54, 1.807) is 18.4 Å². The Morgan fingerprint density at radius 1 is 1.23 bits per heavy atom. The van der Waals surface area contributed by atoms with Gasteiger partial charge in [0.1, 0.15) is 5.82 Å². The van der Waals surface area contributed by atoms with Crippen LogP contribution in [0.15, 0.2) is 47.1 Å². The van der Waals surface area contributed by atoms with Gasteiger partial charge >= 0.3 is 0 Å². The molecule has 0 bridgehead atoms. The molecule has 0 spiro atoms. The molecule has 0 fully saturated rings. The third-order valence-electron chi connectivity index (χ3n) is 3.42. The molecular weight excluding hydrogens is 301 g/mol. The van der Waals surface area contributed by atoms with Gasteiger partial charge in [-0.15, -0.1) is 0 Å². The molecule has 1 heterocycles. The number of rotatable bonds is 6. The molecule has 0 aliphatic rings. The van der Waals surface area contributed by atoms with Crippen LogP contribution in [0.2, 0.25) is 0 Å². The van der Waals surface area contributed by atoms with Crippen molar-refractivity contribution in [3.05, 3.63) is 59.8 Å². The van der Waals surface area contributed by atoms with Crippen LogP contribution in [-0.2, 0) is 6.54 Å². The first-order valence-electron chi connectivity index (χ1n) is 7.16. The van der Waals surface area contributed by atoms with Crippen molar-refractivity contribution in [2.75, 3.05) is 20.6 Å². The van der Waals surface area contributed by atoms with Crippen LogP contribution in [-0.4, -0.2) is 25.8 Å². The fourth-order valence-corrected chi connectivity index (χ4v) is 2.28. The first-order chi connectivity index (χ1) is 10.6. The third kappa shape index (κ3) is 4.82. The van der Waals surface area contributed by atoms with E-state index in [0.717, 1.165) is 11.3 Å². The normalized spacial score (nSPS) is 12.2. The van der Waals surface area contributed by atoms with Crippen molar-refractivity contribution in [3.8, 4) is 0 Å². The van der Waals surface area contributed by atoms with Crippen molar-refractivity contribution in [3.63, 3.8) is 0 Å². The molecule has 0 aliphatic carbocycles. The van der Waals surface area contributed by atoms with Crippen molar-refractivity contribution in [1.29, 1.82) is 0 Å². The number of nitrogens with one attached hydrogen (secondary N) is 3. The summed E-state index contributed by atoms with van der Waals surface area (Å²) in [5.41, 5.74) is 0.978. The summed E-state index contributed by atoms with van der Waals surface area (Å²) in [7, 11) is 4.15. The maximum Gasteiger partial charge on any atom is 0.166 e. The Morgan fingerprint density at radius 2 is 1.95 bits per heavy atom. The quantitative estimate of drug-likeness (QED) is 0.701. The number of hydrogen-bond donors (Lipinski definition) is 3. The smallest absolute Gasteiger partial charge is 0.166 e. The highest BCUT2D eigenvalue weighted by Gasteiger charge is 2.20. The van der Waals surface area contributed by atoms with Crippen molar-refractivity contribution in [1.82, 2.24) is 10.6 Å². The van der Waals surface area contributed by atoms with E-state index in [2.05, 4.69) is 24.7 Å². The van der Waals surface area contributed by atoms with Gasteiger partial charge in [-0.25, -0.2) is 4.39 Å². The first-order valence-corrected chi connectivity index (χ1v) is 7.56. The molecule has 3 N–H and O–H groups in total. The number of quaternary nitrogens is 1. The topological polar surface area (TPSA) is 41.6 Å². The molecular formula is C16H21FN3OS+. The van der Waals surface area contributed by atoms with Gasteiger partial charge in [-0.2, -0.15) is 0 Å². The summed E-state index contributed by atoms with van der Waals surface area (Å²) >= 11 is 5.28. The maximum atomic E-state index is 12.8. The van der Waals surface area contributed by atoms with Gasteiger partial charge in [-0.3, -0.25) is 0 Å². The fraction of sp³-hybridized carbons (Fsp3) is 0.312. The zero-order chi connectivity index (χ0) is 15.9. The van der Waals surface area contributed by atoms with Crippen LogP contribution in [0.25, 0.3) is 0 Å². The lowest BCUT2D eigenvalue weighted by Gasteiger charge is -2.20. The van der Waals surface area contributed by atoms with E-state index in [-0.39, 0.29) is 11.9 Å². The van der Waals surface area contributed by atoms with Crippen molar-refractivity contribution >= 4 is 17.3 Å².